The first-order valence-corrected chi connectivity index (χ1v) is 9.50. The molecule has 1 atom stereocenters. The number of aromatic nitrogens is 1. The van der Waals surface area contributed by atoms with Crippen LogP contribution in [0.15, 0.2) is 64.7 Å². The van der Waals surface area contributed by atoms with Crippen LogP contribution in [0.2, 0.25) is 0 Å². The Morgan fingerprint density at radius 3 is 2.28 bits per heavy atom. The number of hydrogen-bond acceptors (Lipinski definition) is 7. The van der Waals surface area contributed by atoms with Gasteiger partial charge in [0.1, 0.15) is 17.3 Å². The van der Waals surface area contributed by atoms with Gasteiger partial charge in [-0.15, -0.1) is 0 Å². The van der Waals surface area contributed by atoms with Crippen LogP contribution in [0.5, 0.6) is 0 Å². The molecular formula is C23H17FN2O6. The molecule has 3 aromatic rings. The zero-order valence-electron chi connectivity index (χ0n) is 17.0. The van der Waals surface area contributed by atoms with Crippen LogP contribution in [-0.4, -0.2) is 35.0 Å². The highest BCUT2D eigenvalue weighted by Gasteiger charge is 2.48. The maximum atomic E-state index is 13.3. The highest BCUT2D eigenvalue weighted by Crippen LogP contribution is 2.41. The van der Waals surface area contributed by atoms with Crippen LogP contribution < -0.4 is 4.90 Å². The molecule has 9 heteroatoms. The Bertz CT molecular complexity index is 1240. The molecule has 8 nitrogen and oxygen atoms in total. The summed E-state index contributed by atoms with van der Waals surface area (Å²) in [5.74, 6) is -2.88. The molecule has 0 saturated carbocycles. The molecule has 0 aliphatic carbocycles. The molecular weight excluding hydrogens is 419 g/mol. The fourth-order valence-electron chi connectivity index (χ4n) is 3.53. The van der Waals surface area contributed by atoms with E-state index in [0.717, 1.165) is 17.0 Å². The maximum Gasteiger partial charge on any atom is 0.337 e. The topological polar surface area (TPSA) is 110 Å². The van der Waals surface area contributed by atoms with E-state index in [0.29, 0.717) is 11.3 Å². The fourth-order valence-corrected chi connectivity index (χ4v) is 3.53. The van der Waals surface area contributed by atoms with Gasteiger partial charge in [0, 0.05) is 11.6 Å². The van der Waals surface area contributed by atoms with Crippen LogP contribution in [-0.2, 0) is 14.3 Å². The van der Waals surface area contributed by atoms with Gasteiger partial charge in [-0.1, -0.05) is 17.3 Å². The number of methoxy groups -OCH3 is 1. The van der Waals surface area contributed by atoms with Crippen molar-refractivity contribution in [3.8, 4) is 0 Å². The number of aliphatic hydroxyl groups is 1. The number of carbonyl (C=O) groups is 3. The molecule has 0 radical (unpaired) electrons. The molecule has 162 valence electrons. The average Bonchev–Trinajstić information content (AvgIpc) is 3.34. The van der Waals surface area contributed by atoms with E-state index in [9.17, 15) is 23.9 Å². The molecule has 4 rings (SSSR count). The first-order chi connectivity index (χ1) is 15.3. The summed E-state index contributed by atoms with van der Waals surface area (Å²) >= 11 is 0. The Labute approximate surface area is 181 Å². The van der Waals surface area contributed by atoms with Crippen molar-refractivity contribution in [2.45, 2.75) is 13.0 Å². The first-order valence-electron chi connectivity index (χ1n) is 9.50. The number of anilines is 1. The highest BCUT2D eigenvalue weighted by atomic mass is 19.1. The van der Waals surface area contributed by atoms with Crippen LogP contribution in [0.25, 0.3) is 5.76 Å². The lowest BCUT2D eigenvalue weighted by Crippen LogP contribution is -2.29. The largest absolute Gasteiger partial charge is 0.507 e. The third-order valence-corrected chi connectivity index (χ3v) is 5.07. The maximum absolute atomic E-state index is 13.3. The predicted octanol–water partition coefficient (Wildman–Crippen LogP) is 3.54. The molecule has 32 heavy (non-hydrogen) atoms. The zero-order valence-corrected chi connectivity index (χ0v) is 17.0. The number of ether oxygens (including phenoxy) is 1. The minimum absolute atomic E-state index is 0.0878. The summed E-state index contributed by atoms with van der Waals surface area (Å²) in [6.07, 6.45) is 0. The van der Waals surface area contributed by atoms with Gasteiger partial charge in [-0.25, -0.2) is 9.18 Å². The third kappa shape index (κ3) is 3.53. The average molecular weight is 436 g/mol. The number of aliphatic hydroxyl groups excluding tert-OH is 1. The molecule has 1 saturated heterocycles. The number of rotatable bonds is 4. The SMILES string of the molecule is COC(=O)c1ccc(C2C(=C(O)c3ccc(F)cc3)C(=O)C(=O)N2c2cc(C)on2)cc1. The van der Waals surface area contributed by atoms with E-state index in [1.54, 1.807) is 19.1 Å². The quantitative estimate of drug-likeness (QED) is 0.288. The van der Waals surface area contributed by atoms with Crippen molar-refractivity contribution in [1.29, 1.82) is 0 Å². The normalized spacial score (nSPS) is 17.6. The van der Waals surface area contributed by atoms with Gasteiger partial charge in [0.2, 0.25) is 0 Å². The Morgan fingerprint density at radius 1 is 1.09 bits per heavy atom. The Hall–Kier alpha value is -4.27. The van der Waals surface area contributed by atoms with Gasteiger partial charge in [0.25, 0.3) is 5.78 Å². The summed E-state index contributed by atoms with van der Waals surface area (Å²) in [4.78, 5) is 38.8. The van der Waals surface area contributed by atoms with Crippen LogP contribution in [0.1, 0.15) is 33.3 Å². The van der Waals surface area contributed by atoms with Crippen molar-refractivity contribution in [3.05, 3.63) is 88.4 Å². The molecule has 2 aromatic carbocycles. The van der Waals surface area contributed by atoms with Crippen LogP contribution in [0.4, 0.5) is 10.2 Å². The van der Waals surface area contributed by atoms with E-state index in [1.807, 2.05) is 0 Å². The minimum Gasteiger partial charge on any atom is -0.507 e. The second-order valence-corrected chi connectivity index (χ2v) is 7.09. The van der Waals surface area contributed by atoms with E-state index in [4.69, 9.17) is 9.26 Å². The second kappa shape index (κ2) is 8.10. The van der Waals surface area contributed by atoms with E-state index >= 15 is 0 Å². The number of hydrogen-bond donors (Lipinski definition) is 1. The van der Waals surface area contributed by atoms with E-state index in [1.165, 1.54) is 37.4 Å². The Kier molecular flexibility index (Phi) is 5.31. The first kappa shape index (κ1) is 21.0. The lowest BCUT2D eigenvalue weighted by atomic mass is 9.94. The van der Waals surface area contributed by atoms with Crippen molar-refractivity contribution in [2.75, 3.05) is 12.0 Å². The monoisotopic (exact) mass is 436 g/mol. The number of amides is 1. The van der Waals surface area contributed by atoms with Gasteiger partial charge in [-0.2, -0.15) is 0 Å². The van der Waals surface area contributed by atoms with Gasteiger partial charge < -0.3 is 14.4 Å². The molecule has 1 N–H and O–H groups in total. The predicted molar refractivity (Wildman–Crippen MR) is 110 cm³/mol. The van der Waals surface area contributed by atoms with Gasteiger partial charge in [-0.3, -0.25) is 14.5 Å². The van der Waals surface area contributed by atoms with Gasteiger partial charge >= 0.3 is 11.9 Å². The zero-order chi connectivity index (χ0) is 23.0. The van der Waals surface area contributed by atoms with Crippen molar-refractivity contribution in [3.63, 3.8) is 0 Å². The van der Waals surface area contributed by atoms with Crippen molar-refractivity contribution < 1.29 is 33.1 Å². The lowest BCUT2D eigenvalue weighted by Gasteiger charge is -2.23. The van der Waals surface area contributed by atoms with Crippen LogP contribution in [0, 0.1) is 12.7 Å². The number of carbonyl (C=O) groups excluding carboxylic acids is 3. The van der Waals surface area contributed by atoms with Crippen molar-refractivity contribution in [2.24, 2.45) is 0 Å². The molecule has 0 bridgehead atoms. The summed E-state index contributed by atoms with van der Waals surface area (Å²) in [6.45, 7) is 1.63. The lowest BCUT2D eigenvalue weighted by molar-refractivity contribution is -0.132. The van der Waals surface area contributed by atoms with Gasteiger partial charge in [0.05, 0.1) is 24.3 Å². The van der Waals surface area contributed by atoms with E-state index < -0.39 is 35.3 Å². The number of aryl methyl sites for hydroxylation is 1. The second-order valence-electron chi connectivity index (χ2n) is 7.09. The summed E-state index contributed by atoms with van der Waals surface area (Å²) in [5, 5.41) is 14.8. The Balaban J connectivity index is 1.90. The number of halogens is 1. The smallest absolute Gasteiger partial charge is 0.337 e. The molecule has 1 aromatic heterocycles. The molecule has 2 heterocycles. The number of Topliss-reactive ketones (excluding diaryl/α,β-unsaturated/α-hetero) is 1. The van der Waals surface area contributed by atoms with Crippen molar-refractivity contribution in [1.82, 2.24) is 5.16 Å². The number of esters is 1. The number of ketones is 1. The van der Waals surface area contributed by atoms with Crippen LogP contribution in [0.3, 0.4) is 0 Å². The van der Waals surface area contributed by atoms with Crippen LogP contribution >= 0.6 is 0 Å². The molecule has 1 aliphatic rings. The summed E-state index contributed by atoms with van der Waals surface area (Å²) in [7, 11) is 1.25. The van der Waals surface area contributed by atoms with Gasteiger partial charge in [-0.05, 0) is 48.9 Å². The molecule has 0 spiro atoms. The fraction of sp³-hybridized carbons (Fsp3) is 0.130. The molecule has 1 unspecified atom stereocenters. The molecule has 1 fully saturated rings. The highest BCUT2D eigenvalue weighted by molar-refractivity contribution is 6.51. The summed E-state index contributed by atoms with van der Waals surface area (Å²) < 4.78 is 23.1. The summed E-state index contributed by atoms with van der Waals surface area (Å²) in [5.41, 5.74) is 0.662. The summed E-state index contributed by atoms with van der Waals surface area (Å²) in [6, 6.07) is 11.3. The van der Waals surface area contributed by atoms with Gasteiger partial charge in [0.15, 0.2) is 5.82 Å². The van der Waals surface area contributed by atoms with E-state index in [-0.39, 0.29) is 22.5 Å². The molecule has 1 amide bonds. The Morgan fingerprint density at radius 2 is 1.72 bits per heavy atom. The molecule has 1 aliphatic heterocycles. The van der Waals surface area contributed by atoms with E-state index in [2.05, 4.69) is 5.16 Å². The number of benzene rings is 2. The van der Waals surface area contributed by atoms with Crippen molar-refractivity contribution >= 4 is 29.2 Å². The third-order valence-electron chi connectivity index (χ3n) is 5.07. The standard InChI is InChI=1S/C23H17FN2O6/c1-12-11-17(25-32-12)26-19(13-3-5-15(6-4-13)23(30)31-2)18(21(28)22(26)29)20(27)14-7-9-16(24)10-8-14/h3-11,19,27H,1-2H3. The minimum atomic E-state index is -1.06. The number of nitrogens with zero attached hydrogens (tertiary/aromatic N) is 2.